The number of nitrogens with zero attached hydrogens (tertiary/aromatic N) is 1. The van der Waals surface area contributed by atoms with Crippen LogP contribution < -0.4 is 10.6 Å². The monoisotopic (exact) mass is 299 g/mol. The minimum absolute atomic E-state index is 0.0440. The summed E-state index contributed by atoms with van der Waals surface area (Å²) in [7, 11) is 0. The zero-order chi connectivity index (χ0) is 15.0. The van der Waals surface area contributed by atoms with Crippen molar-refractivity contribution >= 4 is 23.3 Å². The van der Waals surface area contributed by atoms with Gasteiger partial charge in [0.1, 0.15) is 0 Å². The number of nitrogens with one attached hydrogen (secondary N) is 2. The highest BCUT2D eigenvalue weighted by molar-refractivity contribution is 7.07. The van der Waals surface area contributed by atoms with Crippen LogP contribution in [-0.4, -0.2) is 28.6 Å². The number of aliphatic carboxylic acids is 1. The second kappa shape index (κ2) is 8.52. The lowest BCUT2D eigenvalue weighted by molar-refractivity contribution is -0.138. The first-order valence-electron chi connectivity index (χ1n) is 6.58. The van der Waals surface area contributed by atoms with Gasteiger partial charge in [-0.2, -0.15) is 0 Å². The Bertz CT molecular complexity index is 421. The zero-order valence-electron chi connectivity index (χ0n) is 11.8. The van der Waals surface area contributed by atoms with E-state index in [0.717, 1.165) is 12.1 Å². The lowest BCUT2D eigenvalue weighted by Crippen LogP contribution is -2.38. The fraction of sp³-hybridized carbons (Fsp3) is 0.615. The van der Waals surface area contributed by atoms with Gasteiger partial charge in [0.2, 0.25) is 0 Å². The highest BCUT2D eigenvalue weighted by atomic mass is 32.1. The molecule has 0 aliphatic rings. The molecule has 0 bridgehead atoms. The lowest BCUT2D eigenvalue weighted by Gasteiger charge is -2.17. The van der Waals surface area contributed by atoms with Gasteiger partial charge >= 0.3 is 12.0 Å². The number of hydrogen-bond acceptors (Lipinski definition) is 4. The van der Waals surface area contributed by atoms with Crippen molar-refractivity contribution in [2.45, 2.75) is 33.2 Å². The van der Waals surface area contributed by atoms with Gasteiger partial charge in [0.25, 0.3) is 0 Å². The van der Waals surface area contributed by atoms with Crippen LogP contribution in [0.5, 0.6) is 0 Å². The molecular weight excluding hydrogens is 278 g/mol. The van der Waals surface area contributed by atoms with Gasteiger partial charge in [0.05, 0.1) is 17.7 Å². The SMILES string of the molecule is CC(C)C[C@H](CNC(=O)NCc1cscn1)CC(=O)O. The molecule has 0 radical (unpaired) electrons. The van der Waals surface area contributed by atoms with E-state index in [0.29, 0.717) is 19.0 Å². The molecule has 0 aromatic carbocycles. The Balaban J connectivity index is 2.30. The van der Waals surface area contributed by atoms with Crippen LogP contribution >= 0.6 is 11.3 Å². The number of carbonyl (C=O) groups is 2. The molecule has 1 aromatic rings. The zero-order valence-corrected chi connectivity index (χ0v) is 12.6. The van der Waals surface area contributed by atoms with Crippen molar-refractivity contribution in [2.24, 2.45) is 11.8 Å². The first kappa shape index (κ1) is 16.4. The summed E-state index contributed by atoms with van der Waals surface area (Å²) in [5.41, 5.74) is 2.52. The molecule has 0 unspecified atom stereocenters. The predicted molar refractivity (Wildman–Crippen MR) is 77.6 cm³/mol. The Morgan fingerprint density at radius 1 is 1.40 bits per heavy atom. The number of urea groups is 1. The topological polar surface area (TPSA) is 91.3 Å². The van der Waals surface area contributed by atoms with E-state index in [-0.39, 0.29) is 18.4 Å². The molecular formula is C13H21N3O3S. The van der Waals surface area contributed by atoms with Gasteiger partial charge in [-0.15, -0.1) is 11.3 Å². The summed E-state index contributed by atoms with van der Waals surface area (Å²) >= 11 is 1.48. The molecule has 112 valence electrons. The minimum Gasteiger partial charge on any atom is -0.481 e. The highest BCUT2D eigenvalue weighted by Gasteiger charge is 2.16. The van der Waals surface area contributed by atoms with Crippen molar-refractivity contribution < 1.29 is 14.7 Å². The number of rotatable bonds is 8. The van der Waals surface area contributed by atoms with Crippen molar-refractivity contribution in [1.82, 2.24) is 15.6 Å². The van der Waals surface area contributed by atoms with E-state index in [1.807, 2.05) is 19.2 Å². The number of carboxylic acid groups (broad SMARTS) is 1. The average molecular weight is 299 g/mol. The molecule has 0 spiro atoms. The van der Waals surface area contributed by atoms with E-state index in [2.05, 4.69) is 15.6 Å². The molecule has 2 amide bonds. The molecule has 0 saturated heterocycles. The second-order valence-corrected chi connectivity index (χ2v) is 5.86. The molecule has 1 aromatic heterocycles. The summed E-state index contributed by atoms with van der Waals surface area (Å²) < 4.78 is 0. The van der Waals surface area contributed by atoms with Crippen LogP contribution in [0, 0.1) is 11.8 Å². The van der Waals surface area contributed by atoms with Crippen LogP contribution in [0.2, 0.25) is 0 Å². The smallest absolute Gasteiger partial charge is 0.315 e. The number of amides is 2. The third-order valence-electron chi connectivity index (χ3n) is 2.73. The third kappa shape index (κ3) is 7.08. The maximum Gasteiger partial charge on any atom is 0.315 e. The van der Waals surface area contributed by atoms with E-state index in [9.17, 15) is 9.59 Å². The van der Waals surface area contributed by atoms with E-state index in [4.69, 9.17) is 5.11 Å². The molecule has 1 atom stereocenters. The Kier molecular flexibility index (Phi) is 7.00. The van der Waals surface area contributed by atoms with Gasteiger partial charge in [0, 0.05) is 18.3 Å². The van der Waals surface area contributed by atoms with Crippen LogP contribution in [0.15, 0.2) is 10.9 Å². The summed E-state index contributed by atoms with van der Waals surface area (Å²) in [6, 6.07) is -0.294. The van der Waals surface area contributed by atoms with Crippen LogP contribution in [-0.2, 0) is 11.3 Å². The number of carbonyl (C=O) groups excluding carboxylic acids is 1. The van der Waals surface area contributed by atoms with Crippen molar-refractivity contribution in [2.75, 3.05) is 6.54 Å². The molecule has 6 nitrogen and oxygen atoms in total. The van der Waals surface area contributed by atoms with E-state index >= 15 is 0 Å². The molecule has 3 N–H and O–H groups in total. The van der Waals surface area contributed by atoms with E-state index < -0.39 is 5.97 Å². The fourth-order valence-electron chi connectivity index (χ4n) is 1.95. The fourth-order valence-corrected chi connectivity index (χ4v) is 2.51. The van der Waals surface area contributed by atoms with E-state index in [1.165, 1.54) is 11.3 Å². The molecule has 0 saturated carbocycles. The average Bonchev–Trinajstić information content (AvgIpc) is 2.85. The highest BCUT2D eigenvalue weighted by Crippen LogP contribution is 2.14. The summed E-state index contributed by atoms with van der Waals surface area (Å²) in [6.07, 6.45) is 0.850. The number of hydrogen-bond donors (Lipinski definition) is 3. The summed E-state index contributed by atoms with van der Waals surface area (Å²) in [4.78, 5) is 26.5. The van der Waals surface area contributed by atoms with E-state index in [1.54, 1.807) is 5.51 Å². The van der Waals surface area contributed by atoms with Crippen LogP contribution in [0.25, 0.3) is 0 Å². The van der Waals surface area contributed by atoms with Crippen molar-refractivity contribution in [3.63, 3.8) is 0 Å². The molecule has 1 heterocycles. The lowest BCUT2D eigenvalue weighted by atomic mass is 9.94. The summed E-state index contributed by atoms with van der Waals surface area (Å²) in [5.74, 6) is -0.475. The molecule has 7 heteroatoms. The Hall–Kier alpha value is -1.63. The Morgan fingerprint density at radius 3 is 2.70 bits per heavy atom. The Labute approximate surface area is 122 Å². The van der Waals surface area contributed by atoms with Crippen molar-refractivity contribution in [1.29, 1.82) is 0 Å². The maximum absolute atomic E-state index is 11.6. The van der Waals surface area contributed by atoms with Crippen LogP contribution in [0.3, 0.4) is 0 Å². The minimum atomic E-state index is -0.833. The summed E-state index contributed by atoms with van der Waals surface area (Å²) in [6.45, 7) is 4.82. The van der Waals surface area contributed by atoms with Crippen LogP contribution in [0.1, 0.15) is 32.4 Å². The Morgan fingerprint density at radius 2 is 2.15 bits per heavy atom. The largest absolute Gasteiger partial charge is 0.481 e. The maximum atomic E-state index is 11.6. The quantitative estimate of drug-likeness (QED) is 0.685. The predicted octanol–water partition coefficient (Wildman–Crippen LogP) is 2.08. The second-order valence-electron chi connectivity index (χ2n) is 5.14. The number of aromatic nitrogens is 1. The van der Waals surface area contributed by atoms with Crippen molar-refractivity contribution in [3.8, 4) is 0 Å². The van der Waals surface area contributed by atoms with Gasteiger partial charge in [-0.05, 0) is 18.3 Å². The first-order valence-corrected chi connectivity index (χ1v) is 7.52. The normalized spacial score (nSPS) is 12.2. The van der Waals surface area contributed by atoms with Gasteiger partial charge in [-0.1, -0.05) is 13.8 Å². The molecule has 1 rings (SSSR count). The first-order chi connectivity index (χ1) is 9.47. The number of thiazole rings is 1. The molecule has 0 aliphatic carbocycles. The standard InChI is InChI=1S/C13H21N3O3S/c1-9(2)3-10(4-12(17)18)5-14-13(19)15-6-11-7-20-8-16-11/h7-10H,3-6H2,1-2H3,(H,17,18)(H2,14,15,19)/t10-/m0/s1. The van der Waals surface area contributed by atoms with Gasteiger partial charge in [-0.3, -0.25) is 4.79 Å². The molecule has 0 aliphatic heterocycles. The van der Waals surface area contributed by atoms with Gasteiger partial charge < -0.3 is 15.7 Å². The van der Waals surface area contributed by atoms with Crippen molar-refractivity contribution in [3.05, 3.63) is 16.6 Å². The van der Waals surface area contributed by atoms with Gasteiger partial charge in [0.15, 0.2) is 0 Å². The molecule has 0 fully saturated rings. The summed E-state index contributed by atoms with van der Waals surface area (Å²) in [5, 5.41) is 16.1. The number of carboxylic acids is 1. The molecule has 20 heavy (non-hydrogen) atoms. The van der Waals surface area contributed by atoms with Crippen LogP contribution in [0.4, 0.5) is 4.79 Å². The third-order valence-corrected chi connectivity index (χ3v) is 3.37. The van der Waals surface area contributed by atoms with Gasteiger partial charge in [-0.25, -0.2) is 9.78 Å².